The van der Waals surface area contributed by atoms with Crippen LogP contribution in [0.5, 0.6) is 11.5 Å². The van der Waals surface area contributed by atoms with E-state index in [1.807, 2.05) is 36.4 Å². The number of rotatable bonds is 11. The van der Waals surface area contributed by atoms with Crippen LogP contribution in [0, 0.1) is 11.7 Å². The van der Waals surface area contributed by atoms with Crippen LogP contribution in [0.15, 0.2) is 72.9 Å². The van der Waals surface area contributed by atoms with Crippen molar-refractivity contribution in [3.63, 3.8) is 0 Å². The van der Waals surface area contributed by atoms with Crippen LogP contribution in [0.4, 0.5) is 4.39 Å². The van der Waals surface area contributed by atoms with Crippen molar-refractivity contribution >= 4 is 5.97 Å². The van der Waals surface area contributed by atoms with Crippen LogP contribution in [0.1, 0.15) is 61.8 Å². The lowest BCUT2D eigenvalue weighted by atomic mass is 9.91. The van der Waals surface area contributed by atoms with E-state index in [1.54, 1.807) is 18.3 Å². The number of aromatic nitrogens is 2. The fraction of sp³-hybridized carbons (Fsp3) is 0.303. The molecule has 40 heavy (non-hydrogen) atoms. The maximum Gasteiger partial charge on any atom is 0.303 e. The SMILES string of the molecule is COc1ccc(F)c(-c2ncc(COc3cccc([C@@H](CC(=O)O)C4CC4)c3)nc2-c2ccc(C(C)C)cc2)c1. The van der Waals surface area contributed by atoms with E-state index in [4.69, 9.17) is 14.5 Å². The van der Waals surface area contributed by atoms with Gasteiger partial charge in [0.05, 0.1) is 36.8 Å². The summed E-state index contributed by atoms with van der Waals surface area (Å²) in [6.45, 7) is 4.42. The van der Waals surface area contributed by atoms with Crippen molar-refractivity contribution in [2.24, 2.45) is 5.92 Å². The van der Waals surface area contributed by atoms with E-state index >= 15 is 0 Å². The minimum atomic E-state index is -0.792. The zero-order valence-corrected chi connectivity index (χ0v) is 22.9. The lowest BCUT2D eigenvalue weighted by molar-refractivity contribution is -0.137. The Morgan fingerprint density at radius 2 is 1.77 bits per heavy atom. The summed E-state index contributed by atoms with van der Waals surface area (Å²) in [4.78, 5) is 20.9. The van der Waals surface area contributed by atoms with Crippen molar-refractivity contribution in [2.75, 3.05) is 7.11 Å². The summed E-state index contributed by atoms with van der Waals surface area (Å²) < 4.78 is 26.4. The molecule has 1 heterocycles. The maximum atomic E-state index is 15.0. The molecule has 1 saturated carbocycles. The Labute approximate surface area is 233 Å². The number of carboxylic acid groups (broad SMARTS) is 1. The smallest absolute Gasteiger partial charge is 0.303 e. The molecule has 0 amide bonds. The summed E-state index contributed by atoms with van der Waals surface area (Å²) in [5, 5.41) is 9.38. The molecule has 4 aromatic rings. The number of carboxylic acids is 1. The second-order valence-electron chi connectivity index (χ2n) is 10.6. The molecule has 0 unspecified atom stereocenters. The zero-order valence-electron chi connectivity index (χ0n) is 22.9. The number of halogens is 1. The van der Waals surface area contributed by atoms with E-state index in [1.165, 1.54) is 18.7 Å². The van der Waals surface area contributed by atoms with Crippen molar-refractivity contribution in [2.45, 2.75) is 51.6 Å². The van der Waals surface area contributed by atoms with Gasteiger partial charge in [0, 0.05) is 11.1 Å². The summed E-state index contributed by atoms with van der Waals surface area (Å²) in [5.74, 6) is 0.730. The largest absolute Gasteiger partial charge is 0.497 e. The number of nitrogens with zero attached hydrogens (tertiary/aromatic N) is 2. The average Bonchev–Trinajstić information content (AvgIpc) is 3.81. The fourth-order valence-corrected chi connectivity index (χ4v) is 4.97. The van der Waals surface area contributed by atoms with Crippen molar-refractivity contribution in [3.05, 3.63) is 95.6 Å². The van der Waals surface area contributed by atoms with Gasteiger partial charge in [-0.2, -0.15) is 0 Å². The van der Waals surface area contributed by atoms with Gasteiger partial charge in [0.25, 0.3) is 0 Å². The average molecular weight is 541 g/mol. The Morgan fingerprint density at radius 3 is 2.45 bits per heavy atom. The van der Waals surface area contributed by atoms with Crippen LogP contribution in [-0.4, -0.2) is 28.2 Å². The summed E-state index contributed by atoms with van der Waals surface area (Å²) >= 11 is 0. The quantitative estimate of drug-likeness (QED) is 0.211. The van der Waals surface area contributed by atoms with E-state index in [-0.39, 0.29) is 18.9 Å². The Morgan fingerprint density at radius 1 is 1.00 bits per heavy atom. The van der Waals surface area contributed by atoms with Gasteiger partial charge >= 0.3 is 5.97 Å². The Bertz CT molecular complexity index is 1500. The number of aliphatic carboxylic acids is 1. The molecule has 1 aliphatic carbocycles. The minimum Gasteiger partial charge on any atom is -0.497 e. The number of hydrogen-bond donors (Lipinski definition) is 1. The van der Waals surface area contributed by atoms with Crippen LogP contribution in [0.3, 0.4) is 0 Å². The second-order valence-corrected chi connectivity index (χ2v) is 10.6. The fourth-order valence-electron chi connectivity index (χ4n) is 4.97. The van der Waals surface area contributed by atoms with E-state index in [9.17, 15) is 14.3 Å². The number of ether oxygens (including phenoxy) is 2. The van der Waals surface area contributed by atoms with E-state index in [0.717, 1.165) is 24.0 Å². The van der Waals surface area contributed by atoms with Gasteiger partial charge < -0.3 is 14.6 Å². The van der Waals surface area contributed by atoms with Crippen LogP contribution in [0.25, 0.3) is 22.5 Å². The molecule has 1 N–H and O–H groups in total. The van der Waals surface area contributed by atoms with Gasteiger partial charge in [-0.1, -0.05) is 50.2 Å². The monoisotopic (exact) mass is 540 g/mol. The van der Waals surface area contributed by atoms with Crippen LogP contribution < -0.4 is 9.47 Å². The van der Waals surface area contributed by atoms with Gasteiger partial charge in [-0.15, -0.1) is 0 Å². The second kappa shape index (κ2) is 11.9. The summed E-state index contributed by atoms with van der Waals surface area (Å²) in [6.07, 6.45) is 3.82. The first kappa shape index (κ1) is 27.3. The van der Waals surface area contributed by atoms with Gasteiger partial charge in [0.15, 0.2) is 0 Å². The normalized spacial score (nSPS) is 13.7. The first-order valence-electron chi connectivity index (χ1n) is 13.6. The third-order valence-corrected chi connectivity index (χ3v) is 7.36. The van der Waals surface area contributed by atoms with E-state index in [2.05, 4.69) is 31.0 Å². The first-order valence-corrected chi connectivity index (χ1v) is 13.6. The topological polar surface area (TPSA) is 81.5 Å². The summed E-state index contributed by atoms with van der Waals surface area (Å²) in [6, 6.07) is 20.3. The van der Waals surface area contributed by atoms with E-state index in [0.29, 0.717) is 46.0 Å². The molecule has 0 bridgehead atoms. The van der Waals surface area contributed by atoms with Gasteiger partial charge in [-0.3, -0.25) is 9.78 Å². The molecule has 3 aromatic carbocycles. The molecule has 0 saturated heterocycles. The Hall–Kier alpha value is -4.26. The van der Waals surface area contributed by atoms with Gasteiger partial charge in [-0.25, -0.2) is 9.37 Å². The third-order valence-electron chi connectivity index (χ3n) is 7.36. The highest BCUT2D eigenvalue weighted by Gasteiger charge is 2.33. The molecular weight excluding hydrogens is 507 g/mol. The summed E-state index contributed by atoms with van der Waals surface area (Å²) in [7, 11) is 1.54. The minimum absolute atomic E-state index is 0.0155. The molecule has 0 radical (unpaired) electrons. The molecule has 1 aromatic heterocycles. The lowest BCUT2D eigenvalue weighted by Crippen LogP contribution is -2.09. The summed E-state index contributed by atoms with van der Waals surface area (Å²) in [5.41, 5.74) is 4.84. The van der Waals surface area contributed by atoms with Crippen molar-refractivity contribution in [1.29, 1.82) is 0 Å². The highest BCUT2D eigenvalue weighted by atomic mass is 19.1. The number of carbonyl (C=O) groups is 1. The zero-order chi connectivity index (χ0) is 28.2. The molecule has 1 fully saturated rings. The lowest BCUT2D eigenvalue weighted by Gasteiger charge is -2.16. The first-order chi connectivity index (χ1) is 19.3. The Kier molecular flexibility index (Phi) is 8.10. The highest BCUT2D eigenvalue weighted by molar-refractivity contribution is 5.79. The molecule has 0 aliphatic heterocycles. The molecule has 6 nitrogen and oxygen atoms in total. The molecule has 5 rings (SSSR count). The number of methoxy groups -OCH3 is 1. The molecule has 1 atom stereocenters. The van der Waals surface area contributed by atoms with Gasteiger partial charge in [-0.05, 0) is 72.1 Å². The van der Waals surface area contributed by atoms with Crippen LogP contribution in [0.2, 0.25) is 0 Å². The van der Waals surface area contributed by atoms with Crippen molar-refractivity contribution in [3.8, 4) is 34.0 Å². The number of hydrogen-bond acceptors (Lipinski definition) is 5. The number of benzene rings is 3. The van der Waals surface area contributed by atoms with Crippen molar-refractivity contribution in [1.82, 2.24) is 9.97 Å². The van der Waals surface area contributed by atoms with Crippen molar-refractivity contribution < 1.29 is 23.8 Å². The Balaban J connectivity index is 1.45. The standard InChI is InChI=1S/C33H33FN2O4/c1-20(2)21-7-11-23(12-8-21)32-33(29-16-26(39-3)13-14-30(29)34)35-18-25(36-32)19-40-27-6-4-5-24(15-27)28(17-31(37)38)22-9-10-22/h4-8,11-16,18,20,22,28H,9-10,17,19H2,1-3H3,(H,37,38)/t28-/m0/s1. The molecule has 206 valence electrons. The molecule has 7 heteroatoms. The van der Waals surface area contributed by atoms with Crippen LogP contribution >= 0.6 is 0 Å². The van der Waals surface area contributed by atoms with E-state index < -0.39 is 11.8 Å². The molecule has 1 aliphatic rings. The predicted octanol–water partition coefficient (Wildman–Crippen LogP) is 7.63. The third kappa shape index (κ3) is 6.30. The van der Waals surface area contributed by atoms with Gasteiger partial charge in [0.1, 0.15) is 23.9 Å². The van der Waals surface area contributed by atoms with Gasteiger partial charge in [0.2, 0.25) is 0 Å². The molecule has 0 spiro atoms. The predicted molar refractivity (Wildman–Crippen MR) is 152 cm³/mol. The maximum absolute atomic E-state index is 15.0. The molecular formula is C33H33FN2O4. The highest BCUT2D eigenvalue weighted by Crippen LogP contribution is 2.45. The van der Waals surface area contributed by atoms with Crippen LogP contribution in [-0.2, 0) is 11.4 Å².